The van der Waals surface area contributed by atoms with Crippen molar-refractivity contribution in [1.82, 2.24) is 0 Å². The van der Waals surface area contributed by atoms with Gasteiger partial charge in [0.05, 0.1) is 19.4 Å². The maximum atomic E-state index is 12.3. The van der Waals surface area contributed by atoms with Crippen LogP contribution in [0.15, 0.2) is 65.6 Å². The van der Waals surface area contributed by atoms with E-state index in [0.717, 1.165) is 10.5 Å². The van der Waals surface area contributed by atoms with Crippen molar-refractivity contribution in [3.8, 4) is 0 Å². The predicted octanol–water partition coefficient (Wildman–Crippen LogP) is 3.70. The smallest absolute Gasteiger partial charge is 0.310 e. The van der Waals surface area contributed by atoms with Gasteiger partial charge in [-0.1, -0.05) is 48.5 Å². The zero-order chi connectivity index (χ0) is 17.2. The summed E-state index contributed by atoms with van der Waals surface area (Å²) in [6, 6.07) is 19.2. The van der Waals surface area contributed by atoms with Gasteiger partial charge < -0.3 is 9.47 Å². The highest BCUT2D eigenvalue weighted by molar-refractivity contribution is 7.99. The Labute approximate surface area is 146 Å². The lowest BCUT2D eigenvalue weighted by Gasteiger charge is -2.15. The summed E-state index contributed by atoms with van der Waals surface area (Å²) in [6.07, 6.45) is 0.0178. The lowest BCUT2D eigenvalue weighted by molar-refractivity contribution is -0.154. The fourth-order valence-electron chi connectivity index (χ4n) is 2.05. The minimum atomic E-state index is -0.536. The van der Waals surface area contributed by atoms with Crippen LogP contribution < -0.4 is 0 Å². The molecule has 0 amide bonds. The molecule has 0 fully saturated rings. The van der Waals surface area contributed by atoms with Gasteiger partial charge in [-0.05, 0) is 17.7 Å². The van der Waals surface area contributed by atoms with Gasteiger partial charge >= 0.3 is 11.9 Å². The highest BCUT2D eigenvalue weighted by Gasteiger charge is 2.24. The predicted molar refractivity (Wildman–Crippen MR) is 93.5 cm³/mol. The van der Waals surface area contributed by atoms with Crippen molar-refractivity contribution in [3.63, 3.8) is 0 Å². The van der Waals surface area contributed by atoms with Gasteiger partial charge in [0.1, 0.15) is 6.61 Å². The number of hydrogen-bond acceptors (Lipinski definition) is 5. The fourth-order valence-corrected chi connectivity index (χ4v) is 3.05. The van der Waals surface area contributed by atoms with Crippen LogP contribution in [-0.4, -0.2) is 24.8 Å². The summed E-state index contributed by atoms with van der Waals surface area (Å²) in [6.45, 7) is 0.202. The summed E-state index contributed by atoms with van der Waals surface area (Å²) in [5, 5.41) is 0. The molecular weight excluding hydrogens is 324 g/mol. The molecule has 0 aliphatic rings. The van der Waals surface area contributed by atoms with Crippen molar-refractivity contribution >= 4 is 23.7 Å². The number of methoxy groups -OCH3 is 1. The van der Waals surface area contributed by atoms with Crippen LogP contribution in [-0.2, 0) is 25.7 Å². The second-order valence-corrected chi connectivity index (χ2v) is 6.29. The highest BCUT2D eigenvalue weighted by atomic mass is 32.2. The molecule has 0 aliphatic carbocycles. The van der Waals surface area contributed by atoms with Crippen LogP contribution in [0.5, 0.6) is 0 Å². The third-order valence-electron chi connectivity index (χ3n) is 3.39. The standard InChI is InChI=1S/C19H20O4S/c1-22-18(20)12-16(14-24-17-10-6-3-7-11-17)19(21)23-13-15-8-4-2-5-9-15/h2-11,16H,12-14H2,1H3/t16-/m0/s1. The van der Waals surface area contributed by atoms with Gasteiger partial charge in [-0.25, -0.2) is 0 Å². The lowest BCUT2D eigenvalue weighted by atomic mass is 10.1. The molecule has 0 spiro atoms. The van der Waals surface area contributed by atoms with E-state index < -0.39 is 11.9 Å². The fraction of sp³-hybridized carbons (Fsp3) is 0.263. The van der Waals surface area contributed by atoms with Gasteiger partial charge in [-0.3, -0.25) is 9.59 Å². The first kappa shape index (κ1) is 18.1. The van der Waals surface area contributed by atoms with Crippen LogP contribution in [0.3, 0.4) is 0 Å². The Morgan fingerprint density at radius 2 is 1.62 bits per heavy atom. The zero-order valence-electron chi connectivity index (χ0n) is 13.5. The monoisotopic (exact) mass is 344 g/mol. The molecule has 0 unspecified atom stereocenters. The molecule has 4 nitrogen and oxygen atoms in total. The maximum Gasteiger partial charge on any atom is 0.310 e. The molecule has 0 bridgehead atoms. The Kier molecular flexibility index (Phi) is 7.36. The van der Waals surface area contributed by atoms with Gasteiger partial charge in [0.25, 0.3) is 0 Å². The quantitative estimate of drug-likeness (QED) is 0.540. The molecule has 0 saturated carbocycles. The van der Waals surface area contributed by atoms with Crippen molar-refractivity contribution in [3.05, 3.63) is 66.2 Å². The van der Waals surface area contributed by atoms with E-state index in [0.29, 0.717) is 5.75 Å². The summed E-state index contributed by atoms with van der Waals surface area (Å²) in [5.74, 6) is -0.864. The summed E-state index contributed by atoms with van der Waals surface area (Å²) >= 11 is 1.52. The molecule has 0 radical (unpaired) electrons. The Bertz CT molecular complexity index is 643. The van der Waals surface area contributed by atoms with Gasteiger partial charge in [0.15, 0.2) is 0 Å². The minimum Gasteiger partial charge on any atom is -0.469 e. The number of rotatable bonds is 8. The third-order valence-corrected chi connectivity index (χ3v) is 4.57. The first-order chi connectivity index (χ1) is 11.7. The molecule has 0 aliphatic heterocycles. The summed E-state index contributed by atoms with van der Waals surface area (Å²) in [7, 11) is 1.32. The van der Waals surface area contributed by atoms with E-state index in [4.69, 9.17) is 4.74 Å². The summed E-state index contributed by atoms with van der Waals surface area (Å²) in [4.78, 5) is 25.0. The Hall–Kier alpha value is -2.27. The average molecular weight is 344 g/mol. The molecule has 0 heterocycles. The summed E-state index contributed by atoms with van der Waals surface area (Å²) < 4.78 is 10.1. The number of benzene rings is 2. The maximum absolute atomic E-state index is 12.3. The van der Waals surface area contributed by atoms with Crippen molar-refractivity contribution in [2.45, 2.75) is 17.9 Å². The van der Waals surface area contributed by atoms with Crippen molar-refractivity contribution in [1.29, 1.82) is 0 Å². The van der Waals surface area contributed by atoms with Crippen LogP contribution in [0.1, 0.15) is 12.0 Å². The Balaban J connectivity index is 1.93. The summed E-state index contributed by atoms with van der Waals surface area (Å²) in [5.41, 5.74) is 0.915. The van der Waals surface area contributed by atoms with Gasteiger partial charge in [-0.2, -0.15) is 0 Å². The van der Waals surface area contributed by atoms with E-state index in [1.165, 1.54) is 18.9 Å². The number of carbonyl (C=O) groups excluding carboxylic acids is 2. The SMILES string of the molecule is COC(=O)C[C@@H](CSc1ccccc1)C(=O)OCc1ccccc1. The normalized spacial score (nSPS) is 11.5. The Morgan fingerprint density at radius 3 is 2.25 bits per heavy atom. The molecule has 126 valence electrons. The number of ether oxygens (including phenoxy) is 2. The van der Waals surface area contributed by atoms with Gasteiger partial charge in [0.2, 0.25) is 0 Å². The van der Waals surface area contributed by atoms with E-state index in [2.05, 4.69) is 4.74 Å². The molecule has 1 atom stereocenters. The largest absolute Gasteiger partial charge is 0.469 e. The molecule has 0 aromatic heterocycles. The van der Waals surface area contributed by atoms with Crippen molar-refractivity contribution < 1.29 is 19.1 Å². The van der Waals surface area contributed by atoms with Crippen LogP contribution in [0.4, 0.5) is 0 Å². The average Bonchev–Trinajstić information content (AvgIpc) is 2.64. The van der Waals surface area contributed by atoms with Crippen LogP contribution in [0.2, 0.25) is 0 Å². The molecule has 2 aromatic carbocycles. The second kappa shape index (κ2) is 9.78. The molecule has 2 aromatic rings. The van der Waals surface area contributed by atoms with Gasteiger partial charge in [-0.15, -0.1) is 11.8 Å². The van der Waals surface area contributed by atoms with E-state index in [1.807, 2.05) is 60.7 Å². The molecule has 2 rings (SSSR count). The van der Waals surface area contributed by atoms with Crippen LogP contribution in [0, 0.1) is 5.92 Å². The minimum absolute atomic E-state index is 0.0178. The third kappa shape index (κ3) is 6.08. The first-order valence-corrected chi connectivity index (χ1v) is 8.63. The second-order valence-electron chi connectivity index (χ2n) is 5.19. The Morgan fingerprint density at radius 1 is 1.00 bits per heavy atom. The van der Waals surface area contributed by atoms with E-state index in [-0.39, 0.29) is 19.0 Å². The number of thioether (sulfide) groups is 1. The van der Waals surface area contributed by atoms with E-state index in [9.17, 15) is 9.59 Å². The van der Waals surface area contributed by atoms with Crippen LogP contribution >= 0.6 is 11.8 Å². The lowest BCUT2D eigenvalue weighted by Crippen LogP contribution is -2.23. The van der Waals surface area contributed by atoms with E-state index >= 15 is 0 Å². The number of esters is 2. The van der Waals surface area contributed by atoms with Crippen molar-refractivity contribution in [2.24, 2.45) is 5.92 Å². The molecule has 5 heteroatoms. The molecule has 0 saturated heterocycles. The molecular formula is C19H20O4S. The van der Waals surface area contributed by atoms with Crippen molar-refractivity contribution in [2.75, 3.05) is 12.9 Å². The molecule has 0 N–H and O–H groups in total. The number of carbonyl (C=O) groups is 2. The number of hydrogen-bond donors (Lipinski definition) is 0. The topological polar surface area (TPSA) is 52.6 Å². The van der Waals surface area contributed by atoms with Crippen LogP contribution in [0.25, 0.3) is 0 Å². The van der Waals surface area contributed by atoms with E-state index in [1.54, 1.807) is 0 Å². The zero-order valence-corrected chi connectivity index (χ0v) is 14.3. The van der Waals surface area contributed by atoms with Gasteiger partial charge in [0, 0.05) is 10.6 Å². The highest BCUT2D eigenvalue weighted by Crippen LogP contribution is 2.23. The first-order valence-electron chi connectivity index (χ1n) is 7.64. The molecule has 24 heavy (non-hydrogen) atoms.